The zero-order valence-corrected chi connectivity index (χ0v) is 13.1. The van der Waals surface area contributed by atoms with Crippen LogP contribution >= 0.6 is 0 Å². The molecule has 0 aliphatic carbocycles. The number of carboxylic acid groups (broad SMARTS) is 1. The van der Waals surface area contributed by atoms with E-state index in [2.05, 4.69) is 18.8 Å². The molecule has 0 unspecified atom stereocenters. The summed E-state index contributed by atoms with van der Waals surface area (Å²) in [5.41, 5.74) is 0. The molecule has 0 aromatic rings. The number of carboxylic acids is 1. The maximum absolute atomic E-state index is 10.3. The minimum absolute atomic E-state index is 0.261. The van der Waals surface area contributed by atoms with E-state index in [0.29, 0.717) is 0 Å². The van der Waals surface area contributed by atoms with Crippen molar-refractivity contribution in [2.24, 2.45) is 0 Å². The van der Waals surface area contributed by atoms with E-state index in [9.17, 15) is 9.90 Å². The number of hydrogen-bond donors (Lipinski definition) is 2. The molecular weight excluding hydrogens is 264 g/mol. The second kappa shape index (κ2) is 14.9. The van der Waals surface area contributed by atoms with E-state index in [0.717, 1.165) is 51.4 Å². The highest BCUT2D eigenvalue weighted by Crippen LogP contribution is 2.09. The number of aliphatic carboxylic acids is 1. The molecule has 0 aromatic heterocycles. The molecule has 0 aliphatic rings. The molecule has 0 fully saturated rings. The van der Waals surface area contributed by atoms with E-state index in [1.807, 2.05) is 12.2 Å². The summed E-state index contributed by atoms with van der Waals surface area (Å²) < 4.78 is 0. The number of aliphatic hydroxyl groups is 1. The van der Waals surface area contributed by atoms with Crippen molar-refractivity contribution in [2.45, 2.75) is 70.8 Å². The molecule has 0 heterocycles. The quantitative estimate of drug-likeness (QED) is 0.445. The standard InChI is InChI=1S/C18H28O3/c1-2-3-4-5-6-8-11-14-17(19)15-12-9-7-10-13-16-18(20)21/h4-5,11,14,17,19H,2-3,7,9-10,12-13,15-16H2,1H3,(H,20,21)/b5-4-,14-11+/t17-/m0/s1. The van der Waals surface area contributed by atoms with E-state index in [4.69, 9.17) is 5.11 Å². The average molecular weight is 292 g/mol. The van der Waals surface area contributed by atoms with Crippen LogP contribution in [0.4, 0.5) is 0 Å². The second-order valence-electron chi connectivity index (χ2n) is 5.11. The molecule has 0 rings (SSSR count). The van der Waals surface area contributed by atoms with Crippen LogP contribution in [0.1, 0.15) is 64.7 Å². The van der Waals surface area contributed by atoms with E-state index < -0.39 is 12.1 Å². The molecule has 0 amide bonds. The molecule has 2 N–H and O–H groups in total. The lowest BCUT2D eigenvalue weighted by molar-refractivity contribution is -0.137. The normalized spacial score (nSPS) is 12.5. The van der Waals surface area contributed by atoms with Gasteiger partial charge < -0.3 is 10.2 Å². The summed E-state index contributed by atoms with van der Waals surface area (Å²) in [6.45, 7) is 2.13. The van der Waals surface area contributed by atoms with Gasteiger partial charge in [0.2, 0.25) is 0 Å². The van der Waals surface area contributed by atoms with Gasteiger partial charge in [-0.1, -0.05) is 56.9 Å². The van der Waals surface area contributed by atoms with Gasteiger partial charge in [-0.05, 0) is 37.5 Å². The van der Waals surface area contributed by atoms with Crippen LogP contribution in [0.5, 0.6) is 0 Å². The summed E-state index contributed by atoms with van der Waals surface area (Å²) in [7, 11) is 0. The van der Waals surface area contributed by atoms with Gasteiger partial charge in [0, 0.05) is 6.42 Å². The molecule has 0 saturated heterocycles. The summed E-state index contributed by atoms with van der Waals surface area (Å²) in [6.07, 6.45) is 14.8. The Balaban J connectivity index is 3.53. The zero-order chi connectivity index (χ0) is 15.8. The van der Waals surface area contributed by atoms with Gasteiger partial charge in [-0.3, -0.25) is 4.79 Å². The summed E-state index contributed by atoms with van der Waals surface area (Å²) >= 11 is 0. The largest absolute Gasteiger partial charge is 0.481 e. The first-order chi connectivity index (χ1) is 10.2. The molecule has 0 spiro atoms. The van der Waals surface area contributed by atoms with Gasteiger partial charge in [0.15, 0.2) is 0 Å². The summed E-state index contributed by atoms with van der Waals surface area (Å²) in [6, 6.07) is 0. The van der Waals surface area contributed by atoms with Gasteiger partial charge in [-0.25, -0.2) is 0 Å². The highest BCUT2D eigenvalue weighted by Gasteiger charge is 1.99. The third-order valence-corrected chi connectivity index (χ3v) is 3.03. The molecular formula is C18H28O3. The van der Waals surface area contributed by atoms with Crippen LogP contribution in [0.3, 0.4) is 0 Å². The molecule has 0 radical (unpaired) electrons. The first-order valence-electron chi connectivity index (χ1n) is 7.89. The lowest BCUT2D eigenvalue weighted by Crippen LogP contribution is -2.01. The maximum atomic E-state index is 10.3. The van der Waals surface area contributed by atoms with Crippen molar-refractivity contribution in [1.29, 1.82) is 0 Å². The zero-order valence-electron chi connectivity index (χ0n) is 13.1. The van der Waals surface area contributed by atoms with Gasteiger partial charge in [-0.15, -0.1) is 0 Å². The molecule has 0 saturated carbocycles. The molecule has 3 nitrogen and oxygen atoms in total. The summed E-state index contributed by atoms with van der Waals surface area (Å²) in [5, 5.41) is 18.2. The van der Waals surface area contributed by atoms with Crippen molar-refractivity contribution in [3.8, 4) is 11.8 Å². The van der Waals surface area contributed by atoms with Crippen LogP contribution in [0.25, 0.3) is 0 Å². The monoisotopic (exact) mass is 292 g/mol. The average Bonchev–Trinajstić information content (AvgIpc) is 2.45. The van der Waals surface area contributed by atoms with Gasteiger partial charge >= 0.3 is 5.97 Å². The van der Waals surface area contributed by atoms with Crippen molar-refractivity contribution in [3.63, 3.8) is 0 Å². The topological polar surface area (TPSA) is 57.5 Å². The van der Waals surface area contributed by atoms with Gasteiger partial charge in [0.05, 0.1) is 6.10 Å². The number of hydrogen-bond acceptors (Lipinski definition) is 2. The third kappa shape index (κ3) is 16.4. The molecule has 0 aliphatic heterocycles. The van der Waals surface area contributed by atoms with E-state index in [1.54, 1.807) is 12.2 Å². The first-order valence-corrected chi connectivity index (χ1v) is 7.89. The number of aliphatic hydroxyl groups excluding tert-OH is 1. The van der Waals surface area contributed by atoms with Crippen molar-refractivity contribution in [3.05, 3.63) is 24.3 Å². The van der Waals surface area contributed by atoms with Crippen LogP contribution < -0.4 is 0 Å². The van der Waals surface area contributed by atoms with Crippen LogP contribution in [-0.4, -0.2) is 22.3 Å². The molecule has 21 heavy (non-hydrogen) atoms. The Bertz CT molecular complexity index is 372. The Kier molecular flexibility index (Phi) is 13.8. The number of carbonyl (C=O) groups is 1. The summed E-state index contributed by atoms with van der Waals surface area (Å²) in [5.74, 6) is 5.05. The van der Waals surface area contributed by atoms with Gasteiger partial charge in [0.25, 0.3) is 0 Å². The minimum atomic E-state index is -0.721. The smallest absolute Gasteiger partial charge is 0.303 e. The Morgan fingerprint density at radius 3 is 2.48 bits per heavy atom. The van der Waals surface area contributed by atoms with E-state index in [1.165, 1.54) is 0 Å². The fourth-order valence-electron chi connectivity index (χ4n) is 1.82. The second-order valence-corrected chi connectivity index (χ2v) is 5.11. The fourth-order valence-corrected chi connectivity index (χ4v) is 1.82. The third-order valence-electron chi connectivity index (χ3n) is 3.03. The lowest BCUT2D eigenvalue weighted by Gasteiger charge is -2.04. The van der Waals surface area contributed by atoms with Gasteiger partial charge in [0.1, 0.15) is 0 Å². The molecule has 3 heteroatoms. The van der Waals surface area contributed by atoms with Crippen LogP contribution in [0.2, 0.25) is 0 Å². The molecule has 0 bridgehead atoms. The Morgan fingerprint density at radius 1 is 1.10 bits per heavy atom. The van der Waals surface area contributed by atoms with Crippen molar-refractivity contribution < 1.29 is 15.0 Å². The molecule has 0 aromatic carbocycles. The minimum Gasteiger partial charge on any atom is -0.481 e. The predicted octanol–water partition coefficient (Wildman–Crippen LogP) is 4.08. The predicted molar refractivity (Wildman–Crippen MR) is 86.9 cm³/mol. The maximum Gasteiger partial charge on any atom is 0.303 e. The van der Waals surface area contributed by atoms with E-state index in [-0.39, 0.29) is 6.42 Å². The fraction of sp³-hybridized carbons (Fsp3) is 0.611. The van der Waals surface area contributed by atoms with Gasteiger partial charge in [-0.2, -0.15) is 0 Å². The Labute approximate surface area is 128 Å². The van der Waals surface area contributed by atoms with Crippen LogP contribution in [0, 0.1) is 11.8 Å². The number of unbranched alkanes of at least 4 members (excludes halogenated alkanes) is 5. The number of rotatable bonds is 11. The molecule has 1 atom stereocenters. The highest BCUT2D eigenvalue weighted by atomic mass is 16.4. The van der Waals surface area contributed by atoms with Crippen LogP contribution in [0.15, 0.2) is 24.3 Å². The van der Waals surface area contributed by atoms with Crippen molar-refractivity contribution in [2.75, 3.05) is 0 Å². The van der Waals surface area contributed by atoms with E-state index >= 15 is 0 Å². The lowest BCUT2D eigenvalue weighted by atomic mass is 10.1. The first kappa shape index (κ1) is 19.5. The summed E-state index contributed by atoms with van der Waals surface area (Å²) in [4.78, 5) is 10.3. The van der Waals surface area contributed by atoms with Crippen LogP contribution in [-0.2, 0) is 4.79 Å². The number of allylic oxidation sites excluding steroid dienone is 3. The Morgan fingerprint density at radius 2 is 1.76 bits per heavy atom. The van der Waals surface area contributed by atoms with Crippen molar-refractivity contribution in [1.82, 2.24) is 0 Å². The molecule has 118 valence electrons. The van der Waals surface area contributed by atoms with Crippen molar-refractivity contribution >= 4 is 5.97 Å². The Hall–Kier alpha value is -1.53. The highest BCUT2D eigenvalue weighted by molar-refractivity contribution is 5.66. The SMILES string of the molecule is CCC/C=C\C#C/C=C/[C@H](O)CCCCCCCC(=O)O.